The highest BCUT2D eigenvalue weighted by Gasteiger charge is 2.11. The molecule has 3 rings (SSSR count). The van der Waals surface area contributed by atoms with Crippen molar-refractivity contribution in [2.45, 2.75) is 27.2 Å². The van der Waals surface area contributed by atoms with Crippen molar-refractivity contribution in [1.29, 1.82) is 0 Å². The second-order valence-corrected chi connectivity index (χ2v) is 9.20. The van der Waals surface area contributed by atoms with Crippen molar-refractivity contribution < 1.29 is 4.46 Å². The second kappa shape index (κ2) is 9.20. The maximum atomic E-state index is 12.0. The van der Waals surface area contributed by atoms with Gasteiger partial charge in [0, 0.05) is 16.6 Å². The Balaban J connectivity index is 0.000000190. The quantitative estimate of drug-likeness (QED) is 0.726. The Hall–Kier alpha value is -2.59. The van der Waals surface area contributed by atoms with E-state index in [4.69, 9.17) is 5.73 Å². The molecule has 0 atom stereocenters. The van der Waals surface area contributed by atoms with E-state index >= 15 is 0 Å². The van der Waals surface area contributed by atoms with Crippen molar-refractivity contribution in [3.8, 4) is 0 Å². The average Bonchev–Trinajstić information content (AvgIpc) is 2.64. The van der Waals surface area contributed by atoms with Crippen molar-refractivity contribution in [2.24, 2.45) is 5.41 Å². The maximum Gasteiger partial charge on any atom is 0.346 e. The molecular formula is C22H26N2OSi. The van der Waals surface area contributed by atoms with Crippen LogP contribution in [0.2, 0.25) is 0 Å². The van der Waals surface area contributed by atoms with Crippen LogP contribution in [0, 0.1) is 5.41 Å². The minimum atomic E-state index is -1.79. The SMILES string of the molecule is CC(C)(C)Cc1ccc(N)nc1.O=[Si](c1ccccc1)c1ccccc1. The van der Waals surface area contributed by atoms with Crippen LogP contribution in [0.3, 0.4) is 0 Å². The highest BCUT2D eigenvalue weighted by atomic mass is 28.3. The zero-order valence-corrected chi connectivity index (χ0v) is 16.6. The first-order valence-electron chi connectivity index (χ1n) is 8.70. The van der Waals surface area contributed by atoms with E-state index in [1.54, 1.807) is 0 Å². The number of aromatic nitrogens is 1. The number of nitrogen functional groups attached to an aromatic ring is 1. The van der Waals surface area contributed by atoms with Gasteiger partial charge in [-0.15, -0.1) is 0 Å². The summed E-state index contributed by atoms with van der Waals surface area (Å²) in [5.41, 5.74) is 7.04. The fourth-order valence-corrected chi connectivity index (χ4v) is 3.82. The summed E-state index contributed by atoms with van der Waals surface area (Å²) < 4.78 is 12.0. The van der Waals surface area contributed by atoms with E-state index in [2.05, 4.69) is 25.8 Å². The van der Waals surface area contributed by atoms with E-state index < -0.39 is 8.68 Å². The molecule has 0 aliphatic carbocycles. The van der Waals surface area contributed by atoms with Crippen molar-refractivity contribution in [2.75, 3.05) is 5.73 Å². The lowest BCUT2D eigenvalue weighted by atomic mass is 9.89. The van der Waals surface area contributed by atoms with Crippen molar-refractivity contribution in [3.05, 3.63) is 84.6 Å². The van der Waals surface area contributed by atoms with Crippen LogP contribution in [0.15, 0.2) is 79.0 Å². The molecule has 0 saturated carbocycles. The minimum Gasteiger partial charge on any atom is -0.384 e. The van der Waals surface area contributed by atoms with Gasteiger partial charge in [-0.25, -0.2) is 4.98 Å². The first-order chi connectivity index (χ1) is 12.3. The summed E-state index contributed by atoms with van der Waals surface area (Å²) in [5, 5.41) is 1.84. The van der Waals surface area contributed by atoms with E-state index in [1.165, 1.54) is 5.56 Å². The molecule has 26 heavy (non-hydrogen) atoms. The lowest BCUT2D eigenvalue weighted by Gasteiger charge is -2.17. The van der Waals surface area contributed by atoms with Gasteiger partial charge in [0.05, 0.1) is 0 Å². The van der Waals surface area contributed by atoms with Crippen molar-refractivity contribution >= 4 is 24.9 Å². The van der Waals surface area contributed by atoms with Crippen LogP contribution < -0.4 is 16.1 Å². The Morgan fingerprint density at radius 2 is 1.35 bits per heavy atom. The minimum absolute atomic E-state index is 0.317. The number of anilines is 1. The Kier molecular flexibility index (Phi) is 6.98. The van der Waals surface area contributed by atoms with Gasteiger partial charge in [0.2, 0.25) is 0 Å². The Bertz CT molecular complexity index is 769. The van der Waals surface area contributed by atoms with Crippen LogP contribution >= 0.6 is 0 Å². The third-order valence-corrected chi connectivity index (χ3v) is 5.37. The molecule has 1 heterocycles. The number of benzene rings is 2. The molecule has 0 aliphatic rings. The average molecular weight is 363 g/mol. The van der Waals surface area contributed by atoms with Crippen LogP contribution in [0.4, 0.5) is 5.82 Å². The molecule has 0 bridgehead atoms. The molecule has 134 valence electrons. The Labute approximate surface area is 157 Å². The molecule has 0 unspecified atom stereocenters. The summed E-state index contributed by atoms with van der Waals surface area (Å²) in [6.07, 6.45) is 2.89. The first-order valence-corrected chi connectivity index (χ1v) is 10.1. The fraction of sp³-hybridized carbons (Fsp3) is 0.227. The predicted molar refractivity (Wildman–Crippen MR) is 110 cm³/mol. The van der Waals surface area contributed by atoms with Gasteiger partial charge in [0.25, 0.3) is 0 Å². The van der Waals surface area contributed by atoms with Crippen LogP contribution in [0.5, 0.6) is 0 Å². The largest absolute Gasteiger partial charge is 0.384 e. The number of hydrogen-bond acceptors (Lipinski definition) is 3. The Morgan fingerprint density at radius 1 is 0.846 bits per heavy atom. The summed E-state index contributed by atoms with van der Waals surface area (Å²) in [5.74, 6) is 0.590. The molecular weight excluding hydrogens is 336 g/mol. The Morgan fingerprint density at radius 3 is 1.73 bits per heavy atom. The molecule has 4 heteroatoms. The first kappa shape index (κ1) is 19.7. The number of pyridine rings is 1. The lowest BCUT2D eigenvalue weighted by molar-refractivity contribution is 0.411. The molecule has 3 nitrogen and oxygen atoms in total. The molecule has 2 aromatic carbocycles. The summed E-state index contributed by atoms with van der Waals surface area (Å²) in [6.45, 7) is 6.63. The molecule has 0 fully saturated rings. The van der Waals surface area contributed by atoms with Gasteiger partial charge in [-0.3, -0.25) is 0 Å². The third kappa shape index (κ3) is 6.73. The van der Waals surface area contributed by atoms with E-state index in [0.717, 1.165) is 16.8 Å². The molecule has 0 aliphatic heterocycles. The molecule has 3 aromatic rings. The van der Waals surface area contributed by atoms with Crippen LogP contribution in [-0.4, -0.2) is 13.7 Å². The van der Waals surface area contributed by atoms with E-state index in [9.17, 15) is 4.46 Å². The topological polar surface area (TPSA) is 56.0 Å². The number of nitrogens with two attached hydrogens (primary N) is 1. The van der Waals surface area contributed by atoms with Crippen LogP contribution in [0.1, 0.15) is 26.3 Å². The summed E-state index contributed by atoms with van der Waals surface area (Å²) in [6, 6.07) is 23.1. The van der Waals surface area contributed by atoms with Crippen molar-refractivity contribution in [1.82, 2.24) is 4.98 Å². The predicted octanol–water partition coefficient (Wildman–Crippen LogP) is 3.48. The molecule has 0 saturated heterocycles. The van der Waals surface area contributed by atoms with Gasteiger partial charge < -0.3 is 10.2 Å². The molecule has 0 spiro atoms. The fourth-order valence-electron chi connectivity index (χ4n) is 2.50. The van der Waals surface area contributed by atoms with Gasteiger partial charge in [-0.2, -0.15) is 0 Å². The van der Waals surface area contributed by atoms with Gasteiger partial charge in [-0.05, 0) is 23.5 Å². The van der Waals surface area contributed by atoms with E-state index in [1.807, 2.05) is 79.0 Å². The number of rotatable bonds is 3. The van der Waals surface area contributed by atoms with Crippen LogP contribution in [0.25, 0.3) is 0 Å². The standard InChI is InChI=1S/C12H10OSi.C10H16N2/c13-14(11-7-3-1-4-8-11)12-9-5-2-6-10-12;1-10(2,3)6-8-4-5-9(11)12-7-8/h1-10H;4-5,7H,6H2,1-3H3,(H2,11,12). The van der Waals surface area contributed by atoms with Gasteiger partial charge >= 0.3 is 8.68 Å². The van der Waals surface area contributed by atoms with Gasteiger partial charge in [0.15, 0.2) is 0 Å². The number of hydrogen-bond donors (Lipinski definition) is 1. The lowest BCUT2D eigenvalue weighted by Crippen LogP contribution is -2.33. The molecule has 0 amide bonds. The monoisotopic (exact) mass is 362 g/mol. The van der Waals surface area contributed by atoms with Gasteiger partial charge in [-0.1, -0.05) is 87.5 Å². The number of nitrogens with zero attached hydrogens (tertiary/aromatic N) is 1. The van der Waals surface area contributed by atoms with E-state index in [0.29, 0.717) is 11.2 Å². The second-order valence-electron chi connectivity index (χ2n) is 7.39. The van der Waals surface area contributed by atoms with E-state index in [-0.39, 0.29) is 0 Å². The van der Waals surface area contributed by atoms with Crippen LogP contribution in [-0.2, 0) is 10.9 Å². The maximum absolute atomic E-state index is 12.0. The molecule has 0 radical (unpaired) electrons. The summed E-state index contributed by atoms with van der Waals surface area (Å²) in [4.78, 5) is 4.04. The summed E-state index contributed by atoms with van der Waals surface area (Å²) >= 11 is 0. The zero-order chi connectivity index (χ0) is 19.0. The molecule has 1 aromatic heterocycles. The third-order valence-electron chi connectivity index (χ3n) is 3.65. The normalized spacial score (nSPS) is 10.6. The highest BCUT2D eigenvalue weighted by Crippen LogP contribution is 2.19. The van der Waals surface area contributed by atoms with Crippen molar-refractivity contribution in [3.63, 3.8) is 0 Å². The zero-order valence-electron chi connectivity index (χ0n) is 15.6. The highest BCUT2D eigenvalue weighted by molar-refractivity contribution is 6.72. The smallest absolute Gasteiger partial charge is 0.346 e. The summed E-state index contributed by atoms with van der Waals surface area (Å²) in [7, 11) is -1.79. The molecule has 2 N–H and O–H groups in total. The van der Waals surface area contributed by atoms with Gasteiger partial charge in [0.1, 0.15) is 5.82 Å².